The van der Waals surface area contributed by atoms with Crippen LogP contribution in [0, 0.1) is 0 Å². The van der Waals surface area contributed by atoms with Crippen molar-refractivity contribution in [1.29, 1.82) is 0 Å². The third-order valence-electron chi connectivity index (χ3n) is 2.01. The maximum Gasteiger partial charge on any atom is 0.324 e. The third-order valence-corrected chi connectivity index (χ3v) is 3.46. The zero-order valence-electron chi connectivity index (χ0n) is 11.8. The van der Waals surface area contributed by atoms with Crippen molar-refractivity contribution >= 4 is 38.4 Å². The van der Waals surface area contributed by atoms with Crippen LogP contribution in [-0.2, 0) is 10.1 Å². The second-order valence-corrected chi connectivity index (χ2v) is 6.07. The minimum atomic E-state index is -4.23. The molecule has 0 aliphatic rings. The Morgan fingerprint density at radius 2 is 1.77 bits per heavy atom. The molecule has 0 saturated heterocycles. The van der Waals surface area contributed by atoms with Crippen LogP contribution in [0.3, 0.4) is 0 Å². The minimum Gasteiger partial charge on any atom is -0.323 e. The van der Waals surface area contributed by atoms with Crippen LogP contribution < -0.4 is 16.0 Å². The van der Waals surface area contributed by atoms with Crippen molar-refractivity contribution in [2.75, 3.05) is 24.7 Å². The Labute approximate surface area is 131 Å². The van der Waals surface area contributed by atoms with E-state index < -0.39 is 16.1 Å². The first-order chi connectivity index (χ1) is 10.4. The Kier molecular flexibility index (Phi) is 6.85. The van der Waals surface area contributed by atoms with E-state index in [1.54, 1.807) is 0 Å². The summed E-state index contributed by atoms with van der Waals surface area (Å²) in [5.74, 6) is 0. The normalized spacial score (nSPS) is 10.3. The SMILES string of the molecule is CNC.O=C(Nc1ccc(S(=O)(=O)O)cc1)Nc1cnns1. The van der Waals surface area contributed by atoms with Gasteiger partial charge in [-0.1, -0.05) is 4.49 Å². The molecular formula is C11H15N5O4S2. The topological polar surface area (TPSA) is 133 Å². The molecule has 0 unspecified atom stereocenters. The number of hydrogen-bond donors (Lipinski definition) is 4. The molecule has 9 nitrogen and oxygen atoms in total. The number of nitrogens with zero attached hydrogens (tertiary/aromatic N) is 2. The fourth-order valence-corrected chi connectivity index (χ4v) is 2.10. The standard InChI is InChI=1S/C9H8N4O4S2.C2H7N/c14-9(12-8-5-10-13-18-8)11-6-1-3-7(4-2-6)19(15,16)17;1-3-2/h1-5H,(H2,11,12,14)(H,15,16,17);3H,1-2H3. The second kappa shape index (κ2) is 8.38. The van der Waals surface area contributed by atoms with Crippen molar-refractivity contribution < 1.29 is 17.8 Å². The van der Waals surface area contributed by atoms with E-state index in [4.69, 9.17) is 4.55 Å². The highest BCUT2D eigenvalue weighted by molar-refractivity contribution is 7.85. The van der Waals surface area contributed by atoms with E-state index in [1.807, 2.05) is 14.1 Å². The summed E-state index contributed by atoms with van der Waals surface area (Å²) >= 11 is 1.02. The lowest BCUT2D eigenvalue weighted by atomic mass is 10.3. The van der Waals surface area contributed by atoms with E-state index in [-0.39, 0.29) is 4.90 Å². The molecule has 0 bridgehead atoms. The van der Waals surface area contributed by atoms with Crippen LogP contribution in [0.15, 0.2) is 35.4 Å². The number of amides is 2. The summed E-state index contributed by atoms with van der Waals surface area (Å²) < 4.78 is 34.0. The molecule has 0 atom stereocenters. The van der Waals surface area contributed by atoms with E-state index in [1.165, 1.54) is 30.5 Å². The largest absolute Gasteiger partial charge is 0.324 e. The fraction of sp³-hybridized carbons (Fsp3) is 0.182. The summed E-state index contributed by atoms with van der Waals surface area (Å²) in [5, 5.41) is 11.8. The maximum absolute atomic E-state index is 11.5. The van der Waals surface area contributed by atoms with Gasteiger partial charge in [0.15, 0.2) is 0 Å². The summed E-state index contributed by atoms with van der Waals surface area (Å²) in [6.07, 6.45) is 1.39. The molecule has 2 amide bonds. The number of benzene rings is 1. The lowest BCUT2D eigenvalue weighted by Gasteiger charge is -2.05. The second-order valence-electron chi connectivity index (χ2n) is 3.86. The van der Waals surface area contributed by atoms with E-state index >= 15 is 0 Å². The molecule has 1 heterocycles. The van der Waals surface area contributed by atoms with Gasteiger partial charge in [0, 0.05) is 17.2 Å². The number of nitrogens with one attached hydrogen (secondary N) is 3. The van der Waals surface area contributed by atoms with Gasteiger partial charge in [-0.05, 0) is 38.4 Å². The number of urea groups is 1. The molecule has 0 saturated carbocycles. The van der Waals surface area contributed by atoms with Gasteiger partial charge in [0.25, 0.3) is 10.1 Å². The van der Waals surface area contributed by atoms with Crippen molar-refractivity contribution in [3.63, 3.8) is 0 Å². The molecule has 0 spiro atoms. The Morgan fingerprint density at radius 3 is 2.23 bits per heavy atom. The number of aromatic nitrogens is 2. The van der Waals surface area contributed by atoms with Crippen LogP contribution in [0.5, 0.6) is 0 Å². The predicted octanol–water partition coefficient (Wildman–Crippen LogP) is 1.26. The zero-order chi connectivity index (χ0) is 16.6. The van der Waals surface area contributed by atoms with E-state index in [2.05, 4.69) is 25.5 Å². The summed E-state index contributed by atoms with van der Waals surface area (Å²) in [4.78, 5) is 11.3. The summed E-state index contributed by atoms with van der Waals surface area (Å²) in [5.41, 5.74) is 0.377. The van der Waals surface area contributed by atoms with Crippen LogP contribution in [0.4, 0.5) is 15.5 Å². The highest BCUT2D eigenvalue weighted by atomic mass is 32.2. The third kappa shape index (κ3) is 6.13. The molecule has 1 aromatic carbocycles. The van der Waals surface area contributed by atoms with Gasteiger partial charge < -0.3 is 10.6 Å². The molecule has 0 aliphatic carbocycles. The van der Waals surface area contributed by atoms with Crippen molar-refractivity contribution in [3.8, 4) is 0 Å². The number of rotatable bonds is 3. The predicted molar refractivity (Wildman–Crippen MR) is 83.8 cm³/mol. The Balaban J connectivity index is 0.000000745. The van der Waals surface area contributed by atoms with Gasteiger partial charge in [-0.15, -0.1) is 5.10 Å². The van der Waals surface area contributed by atoms with Gasteiger partial charge in [-0.25, -0.2) is 4.79 Å². The molecule has 0 radical (unpaired) electrons. The quantitative estimate of drug-likeness (QED) is 0.615. The van der Waals surface area contributed by atoms with Crippen LogP contribution in [0.25, 0.3) is 0 Å². The van der Waals surface area contributed by atoms with Gasteiger partial charge in [0.2, 0.25) is 0 Å². The van der Waals surface area contributed by atoms with Gasteiger partial charge >= 0.3 is 6.03 Å². The number of carbonyl (C=O) groups is 1. The molecule has 1 aromatic heterocycles. The smallest absolute Gasteiger partial charge is 0.323 e. The van der Waals surface area contributed by atoms with Crippen LogP contribution in [-0.4, -0.2) is 42.7 Å². The summed E-state index contributed by atoms with van der Waals surface area (Å²) in [6.45, 7) is 0. The molecule has 11 heteroatoms. The molecule has 120 valence electrons. The first-order valence-corrected chi connectivity index (χ1v) is 8.09. The monoisotopic (exact) mass is 345 g/mol. The average Bonchev–Trinajstić information content (AvgIpc) is 2.92. The van der Waals surface area contributed by atoms with Crippen LogP contribution >= 0.6 is 11.5 Å². The lowest BCUT2D eigenvalue weighted by molar-refractivity contribution is 0.262. The Morgan fingerprint density at radius 1 is 1.18 bits per heavy atom. The molecule has 2 rings (SSSR count). The summed E-state index contributed by atoms with van der Waals surface area (Å²) in [7, 11) is -0.482. The van der Waals surface area contributed by atoms with Gasteiger partial charge in [-0.2, -0.15) is 8.42 Å². The highest BCUT2D eigenvalue weighted by Gasteiger charge is 2.09. The molecule has 2 aromatic rings. The van der Waals surface area contributed by atoms with Gasteiger partial charge in [-0.3, -0.25) is 9.87 Å². The van der Waals surface area contributed by atoms with Crippen molar-refractivity contribution in [3.05, 3.63) is 30.5 Å². The van der Waals surface area contributed by atoms with Crippen molar-refractivity contribution in [1.82, 2.24) is 14.9 Å². The van der Waals surface area contributed by atoms with Crippen LogP contribution in [0.2, 0.25) is 0 Å². The molecule has 0 fully saturated rings. The first-order valence-electron chi connectivity index (χ1n) is 5.88. The lowest BCUT2D eigenvalue weighted by Crippen LogP contribution is -2.18. The first kappa shape index (κ1) is 18.0. The van der Waals surface area contributed by atoms with Gasteiger partial charge in [0.1, 0.15) is 5.00 Å². The molecular weight excluding hydrogens is 330 g/mol. The Hall–Kier alpha value is -2.08. The van der Waals surface area contributed by atoms with E-state index in [9.17, 15) is 13.2 Å². The van der Waals surface area contributed by atoms with Crippen molar-refractivity contribution in [2.24, 2.45) is 0 Å². The van der Waals surface area contributed by atoms with E-state index in [0.717, 1.165) is 11.5 Å². The molecule has 0 aliphatic heterocycles. The van der Waals surface area contributed by atoms with Gasteiger partial charge in [0.05, 0.1) is 11.1 Å². The molecule has 4 N–H and O–H groups in total. The van der Waals surface area contributed by atoms with E-state index in [0.29, 0.717) is 10.7 Å². The van der Waals surface area contributed by atoms with Crippen LogP contribution in [0.1, 0.15) is 0 Å². The summed E-state index contributed by atoms with van der Waals surface area (Å²) in [6, 6.07) is 4.56. The van der Waals surface area contributed by atoms with Crippen molar-refractivity contribution in [2.45, 2.75) is 4.90 Å². The molecule has 22 heavy (non-hydrogen) atoms. The zero-order valence-corrected chi connectivity index (χ0v) is 13.4. The number of hydrogen-bond acceptors (Lipinski definition) is 7. The fourth-order valence-electron chi connectivity index (χ4n) is 1.21. The highest BCUT2D eigenvalue weighted by Crippen LogP contribution is 2.15. The number of carbonyl (C=O) groups excluding carboxylic acids is 1. The average molecular weight is 345 g/mol. The Bertz CT molecular complexity index is 686. The number of anilines is 2. The minimum absolute atomic E-state index is 0.245. The maximum atomic E-state index is 11.5.